The lowest BCUT2D eigenvalue weighted by Crippen LogP contribution is -2.43. The molecule has 1 fully saturated rings. The molecule has 2 aromatic rings. The fourth-order valence-corrected chi connectivity index (χ4v) is 3.85. The number of hydrogen-bond donors (Lipinski definition) is 1. The second-order valence-electron chi connectivity index (χ2n) is 6.87. The molecule has 2 aliphatic rings. The maximum absolute atomic E-state index is 12.7. The van der Waals surface area contributed by atoms with Crippen molar-refractivity contribution >= 4 is 23.0 Å². The van der Waals surface area contributed by atoms with E-state index in [9.17, 15) is 4.79 Å². The van der Waals surface area contributed by atoms with Crippen molar-refractivity contribution in [1.82, 2.24) is 4.98 Å². The Bertz CT molecular complexity index is 888. The van der Waals surface area contributed by atoms with Gasteiger partial charge in [0.2, 0.25) is 5.91 Å². The number of amides is 1. The first-order chi connectivity index (χ1) is 12.7. The Morgan fingerprint density at radius 1 is 1.31 bits per heavy atom. The van der Waals surface area contributed by atoms with Crippen LogP contribution in [0.2, 0.25) is 0 Å². The zero-order chi connectivity index (χ0) is 18.1. The zero-order valence-electron chi connectivity index (χ0n) is 14.6. The number of piperidine rings is 1. The maximum atomic E-state index is 12.7. The molecule has 132 valence electrons. The predicted octanol–water partition coefficient (Wildman–Crippen LogP) is 2.65. The quantitative estimate of drug-likeness (QED) is 0.867. The van der Waals surface area contributed by atoms with Crippen LogP contribution in [0.4, 0.5) is 17.1 Å². The number of aromatic nitrogens is 1. The summed E-state index contributed by atoms with van der Waals surface area (Å²) in [5.74, 6) is 0.0287. The van der Waals surface area contributed by atoms with Gasteiger partial charge in [0.05, 0.1) is 30.1 Å². The lowest BCUT2D eigenvalue weighted by Gasteiger charge is -2.35. The Hall–Kier alpha value is -2.91. The van der Waals surface area contributed by atoms with Crippen LogP contribution in [0.25, 0.3) is 4.85 Å². The summed E-state index contributed by atoms with van der Waals surface area (Å²) >= 11 is 0. The van der Waals surface area contributed by atoms with Crippen LogP contribution in [-0.4, -0.2) is 30.0 Å². The van der Waals surface area contributed by atoms with Crippen molar-refractivity contribution in [2.24, 2.45) is 5.73 Å². The number of nitrogens with zero attached hydrogens (tertiary/aromatic N) is 4. The van der Waals surface area contributed by atoms with Crippen LogP contribution in [0.1, 0.15) is 24.1 Å². The number of pyridine rings is 1. The van der Waals surface area contributed by atoms with E-state index >= 15 is 0 Å². The number of anilines is 2. The molecule has 0 saturated carbocycles. The van der Waals surface area contributed by atoms with Crippen LogP contribution in [0.5, 0.6) is 0 Å². The van der Waals surface area contributed by atoms with Gasteiger partial charge in [-0.3, -0.25) is 9.78 Å². The number of carbonyl (C=O) groups is 1. The average Bonchev–Trinajstić information content (AvgIpc) is 2.97. The Balaban J connectivity index is 1.72. The molecular weight excluding hydrogens is 326 g/mol. The second kappa shape index (κ2) is 6.77. The van der Waals surface area contributed by atoms with Crippen molar-refractivity contribution in [2.45, 2.75) is 31.8 Å². The summed E-state index contributed by atoms with van der Waals surface area (Å²) in [7, 11) is 0. The van der Waals surface area contributed by atoms with Gasteiger partial charge in [0.1, 0.15) is 0 Å². The van der Waals surface area contributed by atoms with Gasteiger partial charge < -0.3 is 15.5 Å². The summed E-state index contributed by atoms with van der Waals surface area (Å²) in [5.41, 5.74) is 10.3. The molecule has 1 aromatic carbocycles. The molecule has 0 unspecified atom stereocenters. The number of carbonyl (C=O) groups excluding carboxylic acids is 1. The van der Waals surface area contributed by atoms with E-state index in [-0.39, 0.29) is 11.9 Å². The molecule has 1 amide bonds. The van der Waals surface area contributed by atoms with Crippen LogP contribution >= 0.6 is 0 Å². The fraction of sp³-hybridized carbons (Fsp3) is 0.350. The van der Waals surface area contributed by atoms with Crippen LogP contribution < -0.4 is 15.5 Å². The van der Waals surface area contributed by atoms with E-state index in [4.69, 9.17) is 12.3 Å². The fourth-order valence-electron chi connectivity index (χ4n) is 3.85. The molecule has 26 heavy (non-hydrogen) atoms. The van der Waals surface area contributed by atoms with Gasteiger partial charge in [-0.1, -0.05) is 24.3 Å². The molecule has 3 heterocycles. The van der Waals surface area contributed by atoms with Gasteiger partial charge in [-0.2, -0.15) is 0 Å². The van der Waals surface area contributed by atoms with Crippen LogP contribution in [0, 0.1) is 6.57 Å². The highest BCUT2D eigenvalue weighted by Gasteiger charge is 2.33. The summed E-state index contributed by atoms with van der Waals surface area (Å²) in [6.45, 7) is 9.48. The minimum Gasteiger partial charge on any atom is -0.368 e. The third-order valence-electron chi connectivity index (χ3n) is 5.11. The van der Waals surface area contributed by atoms with E-state index < -0.39 is 0 Å². The third-order valence-corrected chi connectivity index (χ3v) is 5.11. The monoisotopic (exact) mass is 347 g/mol. The minimum absolute atomic E-state index is 0.0287. The summed E-state index contributed by atoms with van der Waals surface area (Å²) in [4.78, 5) is 24.8. The smallest absolute Gasteiger partial charge is 0.233 e. The van der Waals surface area contributed by atoms with Crippen molar-refractivity contribution < 1.29 is 4.79 Å². The van der Waals surface area contributed by atoms with E-state index in [1.165, 1.54) is 0 Å². The SMILES string of the molecule is [C-]#[N+]c1ccccc1CN1C(=O)Cc2nccc(N3CCC[C@@H](N)C3)c21. The number of fused-ring (bicyclic) bond motifs is 1. The average molecular weight is 347 g/mol. The largest absolute Gasteiger partial charge is 0.368 e. The topological polar surface area (TPSA) is 66.8 Å². The molecule has 2 aliphatic heterocycles. The molecule has 4 rings (SSSR count). The van der Waals surface area contributed by atoms with Crippen molar-refractivity contribution in [3.8, 4) is 0 Å². The molecule has 0 radical (unpaired) electrons. The second-order valence-corrected chi connectivity index (χ2v) is 6.87. The standard InChI is InChI=1S/C20H21N5O/c1-22-16-7-3-2-5-14(16)12-25-19(26)11-17-20(25)18(8-9-23-17)24-10-4-6-15(21)13-24/h2-3,5,7-9,15H,4,6,10-13,21H2/t15-/m1/s1. The number of para-hydroxylation sites is 1. The summed E-state index contributed by atoms with van der Waals surface area (Å²) in [5, 5.41) is 0. The highest BCUT2D eigenvalue weighted by atomic mass is 16.2. The Kier molecular flexibility index (Phi) is 4.31. The van der Waals surface area contributed by atoms with E-state index in [0.29, 0.717) is 18.7 Å². The zero-order valence-corrected chi connectivity index (χ0v) is 14.6. The molecule has 0 spiro atoms. The molecule has 1 saturated heterocycles. The van der Waals surface area contributed by atoms with Gasteiger partial charge in [-0.05, 0) is 24.5 Å². The number of benzene rings is 1. The Morgan fingerprint density at radius 3 is 2.96 bits per heavy atom. The van der Waals surface area contributed by atoms with E-state index in [2.05, 4.69) is 14.7 Å². The molecule has 1 aromatic heterocycles. The van der Waals surface area contributed by atoms with Gasteiger partial charge in [-0.15, -0.1) is 0 Å². The molecule has 2 N–H and O–H groups in total. The van der Waals surface area contributed by atoms with Crippen LogP contribution in [0.15, 0.2) is 36.5 Å². The van der Waals surface area contributed by atoms with Crippen LogP contribution in [-0.2, 0) is 17.8 Å². The van der Waals surface area contributed by atoms with E-state index in [1.54, 1.807) is 17.2 Å². The third kappa shape index (κ3) is 2.91. The number of rotatable bonds is 3. The highest BCUT2D eigenvalue weighted by molar-refractivity contribution is 6.04. The predicted molar refractivity (Wildman–Crippen MR) is 101 cm³/mol. The maximum Gasteiger partial charge on any atom is 0.233 e. The lowest BCUT2D eigenvalue weighted by atomic mass is 10.1. The van der Waals surface area contributed by atoms with Gasteiger partial charge in [-0.25, -0.2) is 4.85 Å². The molecule has 6 heteroatoms. The van der Waals surface area contributed by atoms with Crippen LogP contribution in [0.3, 0.4) is 0 Å². The molecule has 1 atom stereocenters. The van der Waals surface area contributed by atoms with Crippen molar-refractivity contribution in [2.75, 3.05) is 22.9 Å². The lowest BCUT2D eigenvalue weighted by molar-refractivity contribution is -0.117. The first-order valence-corrected chi connectivity index (χ1v) is 8.91. The molecule has 6 nitrogen and oxygen atoms in total. The van der Waals surface area contributed by atoms with Crippen molar-refractivity contribution in [3.63, 3.8) is 0 Å². The molecule has 0 aliphatic carbocycles. The van der Waals surface area contributed by atoms with Crippen molar-refractivity contribution in [3.05, 3.63) is 59.2 Å². The van der Waals surface area contributed by atoms with Crippen molar-refractivity contribution in [1.29, 1.82) is 0 Å². The van der Waals surface area contributed by atoms with Gasteiger partial charge in [0.25, 0.3) is 0 Å². The number of hydrogen-bond acceptors (Lipinski definition) is 4. The first-order valence-electron chi connectivity index (χ1n) is 8.91. The van der Waals surface area contributed by atoms with Gasteiger partial charge in [0.15, 0.2) is 5.69 Å². The highest BCUT2D eigenvalue weighted by Crippen LogP contribution is 2.39. The molecular formula is C20H21N5O. The van der Waals surface area contributed by atoms with E-state index in [1.807, 2.05) is 24.3 Å². The summed E-state index contributed by atoms with van der Waals surface area (Å²) < 4.78 is 0. The Labute approximate surface area is 153 Å². The molecule has 0 bridgehead atoms. The first kappa shape index (κ1) is 16.6. The number of nitrogens with two attached hydrogens (primary N) is 1. The summed E-state index contributed by atoms with van der Waals surface area (Å²) in [6, 6.07) is 9.57. The normalized spacial score (nSPS) is 19.4. The van der Waals surface area contributed by atoms with Gasteiger partial charge in [0, 0.05) is 31.9 Å². The van der Waals surface area contributed by atoms with Gasteiger partial charge >= 0.3 is 0 Å². The minimum atomic E-state index is 0.0287. The Morgan fingerprint density at radius 2 is 2.15 bits per heavy atom. The van der Waals surface area contributed by atoms with E-state index in [0.717, 1.165) is 48.6 Å². The summed E-state index contributed by atoms with van der Waals surface area (Å²) in [6.07, 6.45) is 4.17.